The van der Waals surface area contributed by atoms with Gasteiger partial charge in [-0.25, -0.2) is 9.18 Å². The maximum atomic E-state index is 14.6. The highest BCUT2D eigenvalue weighted by Gasteiger charge is 2.25. The maximum absolute atomic E-state index is 14.6. The summed E-state index contributed by atoms with van der Waals surface area (Å²) >= 11 is 1.13. The van der Waals surface area contributed by atoms with Crippen LogP contribution in [0.5, 0.6) is 11.5 Å². The molecule has 9 heteroatoms. The molecule has 0 aliphatic heterocycles. The Hall–Kier alpha value is -3.98. The van der Waals surface area contributed by atoms with Crippen LogP contribution in [0.25, 0.3) is 33.1 Å². The third-order valence-electron chi connectivity index (χ3n) is 5.65. The van der Waals surface area contributed by atoms with E-state index in [1.165, 1.54) is 19.2 Å². The molecule has 0 saturated heterocycles. The predicted octanol–water partition coefficient (Wildman–Crippen LogP) is 5.61. The van der Waals surface area contributed by atoms with Gasteiger partial charge in [0.25, 0.3) is 0 Å². The molecule has 0 aliphatic carbocycles. The van der Waals surface area contributed by atoms with Gasteiger partial charge in [0.05, 0.1) is 25.4 Å². The van der Waals surface area contributed by atoms with Crippen molar-refractivity contribution >= 4 is 39.6 Å². The highest BCUT2D eigenvalue weighted by Crippen LogP contribution is 2.39. The Kier molecular flexibility index (Phi) is 5.62. The van der Waals surface area contributed by atoms with Crippen LogP contribution in [0.4, 0.5) is 4.39 Å². The van der Waals surface area contributed by atoms with Crippen molar-refractivity contribution in [1.82, 2.24) is 13.3 Å². The van der Waals surface area contributed by atoms with Crippen molar-refractivity contribution in [2.24, 2.45) is 0 Å². The van der Waals surface area contributed by atoms with Crippen LogP contribution in [-0.2, 0) is 6.54 Å². The summed E-state index contributed by atoms with van der Waals surface area (Å²) in [5.41, 5.74) is 4.04. The zero-order chi connectivity index (χ0) is 23.8. The van der Waals surface area contributed by atoms with E-state index in [0.29, 0.717) is 34.4 Å². The van der Waals surface area contributed by atoms with E-state index < -0.39 is 11.8 Å². The number of methoxy groups -OCH3 is 1. The number of aromatic carboxylic acids is 1. The Morgan fingerprint density at radius 1 is 1.09 bits per heavy atom. The molecular formula is C25H20FN3O4S. The number of halogens is 1. The molecule has 0 bridgehead atoms. The highest BCUT2D eigenvalue weighted by molar-refractivity contribution is 7.00. The van der Waals surface area contributed by atoms with Crippen LogP contribution in [0.1, 0.15) is 23.0 Å². The zero-order valence-electron chi connectivity index (χ0n) is 18.4. The lowest BCUT2D eigenvalue weighted by Gasteiger charge is -2.10. The lowest BCUT2D eigenvalue weighted by molar-refractivity contribution is 0.0687. The second kappa shape index (κ2) is 8.75. The van der Waals surface area contributed by atoms with E-state index in [9.17, 15) is 14.3 Å². The first-order valence-electron chi connectivity index (χ1n) is 10.6. The van der Waals surface area contributed by atoms with E-state index in [1.54, 1.807) is 22.8 Å². The van der Waals surface area contributed by atoms with Crippen molar-refractivity contribution < 1.29 is 23.8 Å². The largest absolute Gasteiger partial charge is 0.494 e. The van der Waals surface area contributed by atoms with Gasteiger partial charge in [0.1, 0.15) is 22.5 Å². The SMILES string of the molecule is CCOc1ccc2c(c1)c(-c1ccc(OC)c(F)c1)c(C(=O)O)n2Cc1ccc2nsnc2c1. The van der Waals surface area contributed by atoms with Crippen molar-refractivity contribution in [3.05, 3.63) is 71.7 Å². The van der Waals surface area contributed by atoms with Gasteiger partial charge in [-0.1, -0.05) is 12.1 Å². The van der Waals surface area contributed by atoms with Crippen LogP contribution in [-0.4, -0.2) is 38.1 Å². The van der Waals surface area contributed by atoms with Crippen molar-refractivity contribution in [3.63, 3.8) is 0 Å². The summed E-state index contributed by atoms with van der Waals surface area (Å²) in [4.78, 5) is 12.6. The van der Waals surface area contributed by atoms with E-state index >= 15 is 0 Å². The summed E-state index contributed by atoms with van der Waals surface area (Å²) in [6.07, 6.45) is 0. The molecule has 2 heterocycles. The smallest absolute Gasteiger partial charge is 0.353 e. The number of ether oxygens (including phenoxy) is 2. The molecule has 0 saturated carbocycles. The summed E-state index contributed by atoms with van der Waals surface area (Å²) < 4.78 is 35.6. The molecular weight excluding hydrogens is 457 g/mol. The Balaban J connectivity index is 1.76. The van der Waals surface area contributed by atoms with Crippen LogP contribution >= 0.6 is 11.7 Å². The normalized spacial score (nSPS) is 11.3. The molecule has 0 aliphatic rings. The summed E-state index contributed by atoms with van der Waals surface area (Å²) in [6, 6.07) is 15.6. The summed E-state index contributed by atoms with van der Waals surface area (Å²) in [5.74, 6) is -0.990. The molecule has 7 nitrogen and oxygen atoms in total. The molecule has 2 aromatic heterocycles. The van der Waals surface area contributed by atoms with Gasteiger partial charge in [-0.2, -0.15) is 8.75 Å². The average molecular weight is 478 g/mol. The van der Waals surface area contributed by atoms with E-state index in [1.807, 2.05) is 31.2 Å². The fourth-order valence-electron chi connectivity index (χ4n) is 4.20. The number of nitrogens with zero attached hydrogens (tertiary/aromatic N) is 3. The van der Waals surface area contributed by atoms with E-state index in [2.05, 4.69) is 8.75 Å². The van der Waals surface area contributed by atoms with E-state index in [0.717, 1.165) is 28.3 Å². The Morgan fingerprint density at radius 3 is 2.65 bits per heavy atom. The van der Waals surface area contributed by atoms with Gasteiger partial charge < -0.3 is 19.1 Å². The summed E-state index contributed by atoms with van der Waals surface area (Å²) in [5, 5.41) is 10.9. The van der Waals surface area contributed by atoms with Crippen LogP contribution in [0.3, 0.4) is 0 Å². The van der Waals surface area contributed by atoms with Crippen LogP contribution in [0.15, 0.2) is 54.6 Å². The van der Waals surface area contributed by atoms with Gasteiger partial charge in [0.2, 0.25) is 0 Å². The molecule has 1 N–H and O–H groups in total. The standard InChI is InChI=1S/C25H20FN3O4S/c1-3-33-16-6-8-21-17(12-16)23(15-5-9-22(32-2)18(26)11-15)24(25(30)31)29(21)13-14-4-7-19-20(10-14)28-34-27-19/h4-12H,3,13H2,1-2H3,(H,30,31). The van der Waals surface area contributed by atoms with Gasteiger partial charge in [-0.15, -0.1) is 0 Å². The Morgan fingerprint density at radius 2 is 1.91 bits per heavy atom. The Labute approximate surface area is 198 Å². The van der Waals surface area contributed by atoms with Crippen molar-refractivity contribution in [1.29, 1.82) is 0 Å². The van der Waals surface area contributed by atoms with Crippen molar-refractivity contribution in [2.75, 3.05) is 13.7 Å². The third-order valence-corrected chi connectivity index (χ3v) is 6.20. The van der Waals surface area contributed by atoms with E-state index in [4.69, 9.17) is 9.47 Å². The number of carboxylic acid groups (broad SMARTS) is 1. The quantitative estimate of drug-likeness (QED) is 0.328. The number of benzene rings is 3. The first-order chi connectivity index (χ1) is 16.5. The number of hydrogen-bond donors (Lipinski definition) is 1. The van der Waals surface area contributed by atoms with Gasteiger partial charge >= 0.3 is 5.97 Å². The molecule has 5 rings (SSSR count). The molecule has 0 fully saturated rings. The number of rotatable bonds is 7. The average Bonchev–Trinajstić information content (AvgIpc) is 3.41. The van der Waals surface area contributed by atoms with E-state index in [-0.39, 0.29) is 18.0 Å². The van der Waals surface area contributed by atoms with Crippen LogP contribution in [0.2, 0.25) is 0 Å². The number of carbonyl (C=O) groups is 1. The number of hydrogen-bond acceptors (Lipinski definition) is 6. The highest BCUT2D eigenvalue weighted by atomic mass is 32.1. The molecule has 0 atom stereocenters. The first kappa shape index (κ1) is 21.8. The second-order valence-electron chi connectivity index (χ2n) is 7.66. The van der Waals surface area contributed by atoms with Crippen molar-refractivity contribution in [3.8, 4) is 22.6 Å². The minimum Gasteiger partial charge on any atom is -0.494 e. The topological polar surface area (TPSA) is 86.5 Å². The molecule has 5 aromatic rings. The van der Waals surface area contributed by atoms with Gasteiger partial charge in [-0.3, -0.25) is 0 Å². The molecule has 0 amide bonds. The fourth-order valence-corrected chi connectivity index (χ4v) is 4.72. The third kappa shape index (κ3) is 3.73. The number of aromatic nitrogens is 3. The minimum absolute atomic E-state index is 0.0599. The first-order valence-corrected chi connectivity index (χ1v) is 11.3. The molecule has 34 heavy (non-hydrogen) atoms. The monoisotopic (exact) mass is 477 g/mol. The predicted molar refractivity (Wildman–Crippen MR) is 129 cm³/mol. The molecule has 0 spiro atoms. The lowest BCUT2D eigenvalue weighted by Crippen LogP contribution is -2.10. The number of carboxylic acids is 1. The van der Waals surface area contributed by atoms with Crippen molar-refractivity contribution in [2.45, 2.75) is 13.5 Å². The van der Waals surface area contributed by atoms with Crippen LogP contribution < -0.4 is 9.47 Å². The molecule has 0 unspecified atom stereocenters. The van der Waals surface area contributed by atoms with Crippen LogP contribution in [0, 0.1) is 5.82 Å². The molecule has 172 valence electrons. The van der Waals surface area contributed by atoms with Gasteiger partial charge in [-0.05, 0) is 60.5 Å². The minimum atomic E-state index is -1.11. The second-order valence-corrected chi connectivity index (χ2v) is 8.19. The Bertz CT molecular complexity index is 1540. The maximum Gasteiger partial charge on any atom is 0.353 e. The molecule has 3 aromatic carbocycles. The summed E-state index contributed by atoms with van der Waals surface area (Å²) in [6.45, 7) is 2.63. The lowest BCUT2D eigenvalue weighted by atomic mass is 10.0. The number of fused-ring (bicyclic) bond motifs is 2. The fraction of sp³-hybridized carbons (Fsp3) is 0.160. The van der Waals surface area contributed by atoms with Gasteiger partial charge in [0, 0.05) is 23.0 Å². The zero-order valence-corrected chi connectivity index (χ0v) is 19.2. The summed E-state index contributed by atoms with van der Waals surface area (Å²) in [7, 11) is 1.38. The molecule has 0 radical (unpaired) electrons. The van der Waals surface area contributed by atoms with Gasteiger partial charge in [0.15, 0.2) is 11.6 Å².